The van der Waals surface area contributed by atoms with Gasteiger partial charge in [-0.15, -0.1) is 0 Å². The SMILES string of the molecule is CNC(=O)c1ccc2c(c1)C(=O)NC2OC. The third-order valence-electron chi connectivity index (χ3n) is 2.57. The van der Waals surface area contributed by atoms with E-state index in [0.717, 1.165) is 5.56 Å². The Morgan fingerprint density at radius 1 is 1.50 bits per heavy atom. The van der Waals surface area contributed by atoms with Crippen molar-refractivity contribution in [1.82, 2.24) is 10.6 Å². The summed E-state index contributed by atoms with van der Waals surface area (Å²) in [4.78, 5) is 23.0. The molecular formula is C11H12N2O3. The fourth-order valence-electron chi connectivity index (χ4n) is 1.73. The first-order chi connectivity index (χ1) is 7.67. The van der Waals surface area contributed by atoms with Crippen LogP contribution < -0.4 is 10.6 Å². The molecule has 1 aromatic rings. The summed E-state index contributed by atoms with van der Waals surface area (Å²) in [6.07, 6.45) is -0.416. The second-order valence-electron chi connectivity index (χ2n) is 3.47. The Labute approximate surface area is 92.8 Å². The topological polar surface area (TPSA) is 67.4 Å². The summed E-state index contributed by atoms with van der Waals surface area (Å²) in [6, 6.07) is 4.97. The van der Waals surface area contributed by atoms with E-state index in [9.17, 15) is 9.59 Å². The van der Waals surface area contributed by atoms with Gasteiger partial charge in [0.2, 0.25) is 0 Å². The number of fused-ring (bicyclic) bond motifs is 1. The van der Waals surface area contributed by atoms with Crippen LogP contribution in [0.25, 0.3) is 0 Å². The molecule has 0 saturated carbocycles. The number of amides is 2. The Kier molecular flexibility index (Phi) is 2.62. The van der Waals surface area contributed by atoms with Gasteiger partial charge >= 0.3 is 0 Å². The largest absolute Gasteiger partial charge is 0.357 e. The van der Waals surface area contributed by atoms with Crippen molar-refractivity contribution in [3.63, 3.8) is 0 Å². The van der Waals surface area contributed by atoms with Crippen LogP contribution in [0, 0.1) is 0 Å². The summed E-state index contributed by atoms with van der Waals surface area (Å²) in [5.74, 6) is -0.427. The van der Waals surface area contributed by atoms with Crippen molar-refractivity contribution in [2.24, 2.45) is 0 Å². The maximum Gasteiger partial charge on any atom is 0.254 e. The van der Waals surface area contributed by atoms with E-state index in [4.69, 9.17) is 4.74 Å². The monoisotopic (exact) mass is 220 g/mol. The minimum absolute atomic E-state index is 0.212. The molecule has 16 heavy (non-hydrogen) atoms. The van der Waals surface area contributed by atoms with Crippen LogP contribution in [0.3, 0.4) is 0 Å². The maximum absolute atomic E-state index is 11.6. The highest BCUT2D eigenvalue weighted by atomic mass is 16.5. The number of benzene rings is 1. The van der Waals surface area contributed by atoms with Crippen molar-refractivity contribution in [1.29, 1.82) is 0 Å². The van der Waals surface area contributed by atoms with E-state index in [-0.39, 0.29) is 11.8 Å². The van der Waals surface area contributed by atoms with Crippen molar-refractivity contribution < 1.29 is 14.3 Å². The molecule has 2 amide bonds. The lowest BCUT2D eigenvalue weighted by atomic mass is 10.0. The second-order valence-corrected chi connectivity index (χ2v) is 3.47. The molecule has 0 bridgehead atoms. The van der Waals surface area contributed by atoms with Gasteiger partial charge in [-0.25, -0.2) is 0 Å². The molecule has 0 spiro atoms. The van der Waals surface area contributed by atoms with Gasteiger partial charge in [0.05, 0.1) is 0 Å². The molecule has 0 fully saturated rings. The maximum atomic E-state index is 11.6. The van der Waals surface area contributed by atoms with E-state index >= 15 is 0 Å². The normalized spacial score (nSPS) is 17.9. The number of ether oxygens (including phenoxy) is 1. The Morgan fingerprint density at radius 2 is 2.25 bits per heavy atom. The van der Waals surface area contributed by atoms with Crippen LogP contribution in [0.5, 0.6) is 0 Å². The van der Waals surface area contributed by atoms with E-state index in [1.165, 1.54) is 7.11 Å². The van der Waals surface area contributed by atoms with Crippen molar-refractivity contribution in [3.8, 4) is 0 Å². The summed E-state index contributed by atoms with van der Waals surface area (Å²) in [5, 5.41) is 5.17. The predicted octanol–water partition coefficient (Wildman–Crippen LogP) is 0.435. The van der Waals surface area contributed by atoms with Crippen LogP contribution in [0.4, 0.5) is 0 Å². The van der Waals surface area contributed by atoms with Gasteiger partial charge in [0.15, 0.2) is 6.23 Å². The highest BCUT2D eigenvalue weighted by molar-refractivity contribution is 6.02. The number of hydrogen-bond acceptors (Lipinski definition) is 3. The van der Waals surface area contributed by atoms with Crippen molar-refractivity contribution >= 4 is 11.8 Å². The predicted molar refractivity (Wildman–Crippen MR) is 57.0 cm³/mol. The summed E-state index contributed by atoms with van der Waals surface area (Å²) < 4.78 is 5.10. The number of hydrogen-bond donors (Lipinski definition) is 2. The van der Waals surface area contributed by atoms with E-state index in [0.29, 0.717) is 11.1 Å². The number of rotatable bonds is 2. The van der Waals surface area contributed by atoms with Crippen LogP contribution in [0.15, 0.2) is 18.2 Å². The van der Waals surface area contributed by atoms with E-state index in [1.807, 2.05) is 0 Å². The van der Waals surface area contributed by atoms with Gasteiger partial charge in [-0.1, -0.05) is 6.07 Å². The lowest BCUT2D eigenvalue weighted by molar-refractivity contribution is 0.0666. The quantitative estimate of drug-likeness (QED) is 0.759. The minimum atomic E-state index is -0.416. The molecule has 0 radical (unpaired) electrons. The number of methoxy groups -OCH3 is 1. The molecule has 84 valence electrons. The molecule has 1 heterocycles. The molecule has 1 aromatic carbocycles. The third-order valence-corrected chi connectivity index (χ3v) is 2.57. The Balaban J connectivity index is 2.44. The molecule has 1 aliphatic rings. The van der Waals surface area contributed by atoms with Crippen molar-refractivity contribution in [2.45, 2.75) is 6.23 Å². The molecule has 5 heteroatoms. The van der Waals surface area contributed by atoms with E-state index in [1.54, 1.807) is 25.2 Å². The molecular weight excluding hydrogens is 208 g/mol. The Morgan fingerprint density at radius 3 is 2.88 bits per heavy atom. The molecule has 2 N–H and O–H groups in total. The van der Waals surface area contributed by atoms with Crippen LogP contribution >= 0.6 is 0 Å². The average molecular weight is 220 g/mol. The number of carbonyl (C=O) groups excluding carboxylic acids is 2. The Bertz CT molecular complexity index is 457. The molecule has 0 aliphatic carbocycles. The zero-order chi connectivity index (χ0) is 11.7. The van der Waals surface area contributed by atoms with Crippen LogP contribution in [0.2, 0.25) is 0 Å². The third kappa shape index (κ3) is 1.55. The zero-order valence-corrected chi connectivity index (χ0v) is 9.03. The van der Waals surface area contributed by atoms with E-state index in [2.05, 4.69) is 10.6 Å². The first kappa shape index (κ1) is 10.6. The highest BCUT2D eigenvalue weighted by Crippen LogP contribution is 2.26. The van der Waals surface area contributed by atoms with Gasteiger partial charge in [0.1, 0.15) is 0 Å². The standard InChI is InChI=1S/C11H12N2O3/c1-12-9(14)6-3-4-7-8(5-6)10(15)13-11(7)16-2/h3-5,11H,1-2H3,(H,12,14)(H,13,15). The van der Waals surface area contributed by atoms with Crippen LogP contribution in [0.1, 0.15) is 32.5 Å². The van der Waals surface area contributed by atoms with E-state index < -0.39 is 6.23 Å². The van der Waals surface area contributed by atoms with Gasteiger partial charge in [0, 0.05) is 30.8 Å². The first-order valence-corrected chi connectivity index (χ1v) is 4.87. The minimum Gasteiger partial charge on any atom is -0.357 e. The van der Waals surface area contributed by atoms with Crippen LogP contribution in [-0.4, -0.2) is 26.0 Å². The zero-order valence-electron chi connectivity index (χ0n) is 9.03. The van der Waals surface area contributed by atoms with Gasteiger partial charge in [-0.3, -0.25) is 9.59 Å². The van der Waals surface area contributed by atoms with Crippen molar-refractivity contribution in [3.05, 3.63) is 34.9 Å². The van der Waals surface area contributed by atoms with Gasteiger partial charge in [-0.05, 0) is 12.1 Å². The summed E-state index contributed by atoms with van der Waals surface area (Å²) >= 11 is 0. The summed E-state index contributed by atoms with van der Waals surface area (Å²) in [7, 11) is 3.07. The molecule has 2 rings (SSSR count). The Hall–Kier alpha value is -1.88. The van der Waals surface area contributed by atoms with Crippen LogP contribution in [-0.2, 0) is 4.74 Å². The fraction of sp³-hybridized carbons (Fsp3) is 0.273. The molecule has 1 unspecified atom stereocenters. The van der Waals surface area contributed by atoms with Gasteiger partial charge < -0.3 is 15.4 Å². The van der Waals surface area contributed by atoms with Crippen molar-refractivity contribution in [2.75, 3.05) is 14.2 Å². The molecule has 0 saturated heterocycles. The fourth-order valence-corrected chi connectivity index (χ4v) is 1.73. The average Bonchev–Trinajstić information content (AvgIpc) is 2.64. The van der Waals surface area contributed by atoms with Gasteiger partial charge in [-0.2, -0.15) is 0 Å². The summed E-state index contributed by atoms with van der Waals surface area (Å²) in [5.41, 5.74) is 1.72. The number of carbonyl (C=O) groups is 2. The lowest BCUT2D eigenvalue weighted by Crippen LogP contribution is -2.20. The second kappa shape index (κ2) is 3.94. The number of nitrogens with one attached hydrogen (secondary N) is 2. The summed E-state index contributed by atoms with van der Waals surface area (Å²) in [6.45, 7) is 0. The highest BCUT2D eigenvalue weighted by Gasteiger charge is 2.28. The molecule has 5 nitrogen and oxygen atoms in total. The first-order valence-electron chi connectivity index (χ1n) is 4.87. The smallest absolute Gasteiger partial charge is 0.254 e. The lowest BCUT2D eigenvalue weighted by Gasteiger charge is -2.08. The van der Waals surface area contributed by atoms with Gasteiger partial charge in [0.25, 0.3) is 11.8 Å². The molecule has 0 aromatic heterocycles. The molecule has 1 atom stereocenters. The molecule has 1 aliphatic heterocycles.